The fourth-order valence-electron chi connectivity index (χ4n) is 3.00. The van der Waals surface area contributed by atoms with E-state index in [0.717, 1.165) is 0 Å². The minimum Gasteiger partial charge on any atom is -0.490 e. The molecule has 174 valence electrons. The molecule has 0 saturated heterocycles. The second-order valence-electron chi connectivity index (χ2n) is 6.64. The Balaban J connectivity index is 2.06. The SMILES string of the molecule is C=CCOc1c(Br)cc(/C=C2\C(=O)N(c3c(F)c(F)c(F)c(F)c3F)N=C2C)cc1OCC. The van der Waals surface area contributed by atoms with Crippen molar-refractivity contribution in [2.75, 3.05) is 18.2 Å². The Morgan fingerprint density at radius 1 is 1.06 bits per heavy atom. The number of halogens is 6. The summed E-state index contributed by atoms with van der Waals surface area (Å²) in [4.78, 5) is 12.8. The molecule has 3 rings (SSSR count). The highest BCUT2D eigenvalue weighted by Crippen LogP contribution is 2.39. The summed E-state index contributed by atoms with van der Waals surface area (Å²) in [5.41, 5.74) is -1.14. The molecule has 1 aliphatic rings. The Labute approximate surface area is 193 Å². The van der Waals surface area contributed by atoms with Gasteiger partial charge >= 0.3 is 0 Å². The van der Waals surface area contributed by atoms with Gasteiger partial charge in [-0.3, -0.25) is 4.79 Å². The molecular weight excluding hydrogens is 515 g/mol. The molecule has 2 aromatic rings. The van der Waals surface area contributed by atoms with Gasteiger partial charge in [0.05, 0.1) is 22.4 Å². The number of carbonyl (C=O) groups excluding carboxylic acids is 1. The molecule has 33 heavy (non-hydrogen) atoms. The number of anilines is 1. The van der Waals surface area contributed by atoms with Crippen molar-refractivity contribution in [2.24, 2.45) is 5.10 Å². The van der Waals surface area contributed by atoms with Crippen LogP contribution in [-0.2, 0) is 4.79 Å². The molecule has 0 aromatic heterocycles. The van der Waals surface area contributed by atoms with Gasteiger partial charge in [0.15, 0.2) is 34.8 Å². The quantitative estimate of drug-likeness (QED) is 0.147. The molecule has 11 heteroatoms. The van der Waals surface area contributed by atoms with Gasteiger partial charge in [0.1, 0.15) is 12.3 Å². The molecule has 5 nitrogen and oxygen atoms in total. The summed E-state index contributed by atoms with van der Waals surface area (Å²) in [6.45, 7) is 7.21. The molecule has 0 N–H and O–H groups in total. The summed E-state index contributed by atoms with van der Waals surface area (Å²) in [5.74, 6) is -11.3. The third-order valence-corrected chi connectivity index (χ3v) is 5.04. The van der Waals surface area contributed by atoms with Gasteiger partial charge in [0.2, 0.25) is 5.82 Å². The molecule has 2 aromatic carbocycles. The summed E-state index contributed by atoms with van der Waals surface area (Å²) in [5, 5.41) is 3.86. The number of hydrogen-bond donors (Lipinski definition) is 0. The van der Waals surface area contributed by atoms with Crippen LogP contribution in [-0.4, -0.2) is 24.8 Å². The molecule has 1 aliphatic heterocycles. The van der Waals surface area contributed by atoms with Gasteiger partial charge in [0, 0.05) is 0 Å². The second kappa shape index (κ2) is 9.74. The Hall–Kier alpha value is -3.21. The van der Waals surface area contributed by atoms with E-state index in [2.05, 4.69) is 27.6 Å². The van der Waals surface area contributed by atoms with Crippen LogP contribution in [0.1, 0.15) is 19.4 Å². The molecule has 0 aliphatic carbocycles. The number of hydrogen-bond acceptors (Lipinski definition) is 4. The van der Waals surface area contributed by atoms with Gasteiger partial charge in [-0.2, -0.15) is 10.1 Å². The summed E-state index contributed by atoms with van der Waals surface area (Å²) in [6, 6.07) is 3.15. The molecule has 1 amide bonds. The highest BCUT2D eigenvalue weighted by atomic mass is 79.9. The average Bonchev–Trinajstić information content (AvgIpc) is 3.04. The van der Waals surface area contributed by atoms with E-state index in [1.54, 1.807) is 25.1 Å². The lowest BCUT2D eigenvalue weighted by atomic mass is 10.1. The highest BCUT2D eigenvalue weighted by Gasteiger charge is 2.37. The van der Waals surface area contributed by atoms with Crippen molar-refractivity contribution in [1.29, 1.82) is 0 Å². The second-order valence-corrected chi connectivity index (χ2v) is 7.50. The molecular formula is C22H16BrF5N2O3. The van der Waals surface area contributed by atoms with Crippen LogP contribution < -0.4 is 14.5 Å². The first-order chi connectivity index (χ1) is 15.6. The van der Waals surface area contributed by atoms with Gasteiger partial charge < -0.3 is 9.47 Å². The number of benzene rings is 2. The number of hydrazone groups is 1. The summed E-state index contributed by atoms with van der Waals surface area (Å²) in [7, 11) is 0. The number of amides is 1. The number of ether oxygens (including phenoxy) is 2. The normalized spacial score (nSPS) is 14.7. The van der Waals surface area contributed by atoms with E-state index in [9.17, 15) is 26.7 Å². The molecule has 1 heterocycles. The highest BCUT2D eigenvalue weighted by molar-refractivity contribution is 9.10. The maximum absolute atomic E-state index is 14.2. The Morgan fingerprint density at radius 3 is 2.24 bits per heavy atom. The van der Waals surface area contributed by atoms with Crippen LogP contribution in [0.15, 0.2) is 39.9 Å². The zero-order valence-corrected chi connectivity index (χ0v) is 18.9. The predicted molar refractivity (Wildman–Crippen MR) is 116 cm³/mol. The Kier molecular flexibility index (Phi) is 7.21. The van der Waals surface area contributed by atoms with Crippen molar-refractivity contribution < 1.29 is 36.2 Å². The van der Waals surface area contributed by atoms with Crippen LogP contribution in [0, 0.1) is 29.1 Å². The molecule has 0 fully saturated rings. The van der Waals surface area contributed by atoms with Gasteiger partial charge in [-0.15, -0.1) is 0 Å². The van der Waals surface area contributed by atoms with Crippen molar-refractivity contribution in [2.45, 2.75) is 13.8 Å². The molecule has 0 unspecified atom stereocenters. The number of carbonyl (C=O) groups is 1. The first-order valence-corrected chi connectivity index (χ1v) is 10.2. The van der Waals surface area contributed by atoms with E-state index >= 15 is 0 Å². The lowest BCUT2D eigenvalue weighted by Crippen LogP contribution is -2.25. The standard InChI is InChI=1S/C22H16BrF5N2O3/c1-4-6-33-21-13(23)8-11(9-14(21)32-5-2)7-12-10(3)29-30(22(12)31)20-18(27)16(25)15(24)17(26)19(20)28/h4,7-9H,1,5-6H2,2-3H3/b12-7-. The fraction of sp³-hybridized carbons (Fsp3) is 0.182. The van der Waals surface area contributed by atoms with Crippen molar-refractivity contribution >= 4 is 39.3 Å². The van der Waals surface area contributed by atoms with Gasteiger partial charge in [-0.1, -0.05) is 12.7 Å². The summed E-state index contributed by atoms with van der Waals surface area (Å²) < 4.78 is 80.6. The van der Waals surface area contributed by atoms with Crippen LogP contribution >= 0.6 is 15.9 Å². The summed E-state index contributed by atoms with van der Waals surface area (Å²) >= 11 is 3.36. The maximum Gasteiger partial charge on any atom is 0.280 e. The van der Waals surface area contributed by atoms with Gasteiger partial charge in [0.25, 0.3) is 5.91 Å². The van der Waals surface area contributed by atoms with E-state index in [0.29, 0.717) is 28.1 Å². The minimum absolute atomic E-state index is 0.00464. The van der Waals surface area contributed by atoms with Gasteiger partial charge in [-0.05, 0) is 53.5 Å². The monoisotopic (exact) mass is 530 g/mol. The topological polar surface area (TPSA) is 51.1 Å². The smallest absolute Gasteiger partial charge is 0.280 e. The van der Waals surface area contributed by atoms with E-state index < -0.39 is 40.7 Å². The summed E-state index contributed by atoms with van der Waals surface area (Å²) in [6.07, 6.45) is 2.89. The number of rotatable bonds is 7. The van der Waals surface area contributed by atoms with E-state index in [1.165, 1.54) is 13.0 Å². The molecule has 0 saturated carbocycles. The van der Waals surface area contributed by atoms with Crippen molar-refractivity contribution in [1.82, 2.24) is 0 Å². The number of nitrogens with zero attached hydrogens (tertiary/aromatic N) is 2. The Bertz CT molecular complexity index is 1180. The Morgan fingerprint density at radius 2 is 1.67 bits per heavy atom. The molecule has 0 radical (unpaired) electrons. The molecule has 0 atom stereocenters. The zero-order chi connectivity index (χ0) is 24.4. The zero-order valence-electron chi connectivity index (χ0n) is 17.3. The van der Waals surface area contributed by atoms with Crippen LogP contribution in [0.4, 0.5) is 27.6 Å². The van der Waals surface area contributed by atoms with Crippen LogP contribution in [0.25, 0.3) is 6.08 Å². The van der Waals surface area contributed by atoms with E-state index in [-0.39, 0.29) is 22.9 Å². The van der Waals surface area contributed by atoms with Crippen molar-refractivity contribution in [3.63, 3.8) is 0 Å². The lowest BCUT2D eigenvalue weighted by molar-refractivity contribution is -0.114. The minimum atomic E-state index is -2.33. The van der Waals surface area contributed by atoms with Crippen molar-refractivity contribution in [3.8, 4) is 11.5 Å². The van der Waals surface area contributed by atoms with Crippen LogP contribution in [0.5, 0.6) is 11.5 Å². The molecule has 0 spiro atoms. The van der Waals surface area contributed by atoms with E-state index in [4.69, 9.17) is 9.47 Å². The van der Waals surface area contributed by atoms with Crippen LogP contribution in [0.3, 0.4) is 0 Å². The van der Waals surface area contributed by atoms with Crippen LogP contribution in [0.2, 0.25) is 0 Å². The van der Waals surface area contributed by atoms with Gasteiger partial charge in [-0.25, -0.2) is 22.0 Å². The molecule has 0 bridgehead atoms. The van der Waals surface area contributed by atoms with E-state index in [1.807, 2.05) is 0 Å². The predicted octanol–water partition coefficient (Wildman–Crippen LogP) is 5.91. The van der Waals surface area contributed by atoms with Crippen molar-refractivity contribution in [3.05, 3.63) is 69.5 Å². The first-order valence-electron chi connectivity index (χ1n) is 9.45. The fourth-order valence-corrected chi connectivity index (χ4v) is 3.57. The largest absolute Gasteiger partial charge is 0.490 e. The lowest BCUT2D eigenvalue weighted by Gasteiger charge is -2.15. The first kappa shape index (κ1) is 24.4. The third kappa shape index (κ3) is 4.50. The third-order valence-electron chi connectivity index (χ3n) is 4.45. The average molecular weight is 531 g/mol. The maximum atomic E-state index is 14.2.